The molecule has 1 amide bonds. The Morgan fingerprint density at radius 3 is 3.12 bits per heavy atom. The maximum Gasteiger partial charge on any atom is 0.242 e. The third kappa shape index (κ3) is 2.73. The summed E-state index contributed by atoms with van der Waals surface area (Å²) < 4.78 is 6.71. The quantitative estimate of drug-likeness (QED) is 0.798. The molecule has 2 aromatic heterocycles. The van der Waals surface area contributed by atoms with Crippen LogP contribution in [0.2, 0.25) is 0 Å². The molecule has 2 rings (SSSR count). The van der Waals surface area contributed by atoms with Crippen molar-refractivity contribution in [2.45, 2.75) is 12.6 Å². The molecule has 2 heterocycles. The molecule has 6 heteroatoms. The van der Waals surface area contributed by atoms with Crippen molar-refractivity contribution >= 4 is 5.91 Å². The molecular weight excluding hydrogens is 220 g/mol. The molecule has 0 aromatic carbocycles. The van der Waals surface area contributed by atoms with E-state index in [1.165, 1.54) is 0 Å². The lowest BCUT2D eigenvalue weighted by Gasteiger charge is -2.09. The summed E-state index contributed by atoms with van der Waals surface area (Å²) in [5.74, 6) is 0.436. The number of rotatable bonds is 4. The summed E-state index contributed by atoms with van der Waals surface area (Å²) >= 11 is 0. The van der Waals surface area contributed by atoms with Crippen molar-refractivity contribution in [1.82, 2.24) is 15.1 Å². The van der Waals surface area contributed by atoms with Gasteiger partial charge in [0.05, 0.1) is 19.0 Å². The Bertz CT molecular complexity index is 489. The monoisotopic (exact) mass is 234 g/mol. The number of aromatic nitrogens is 2. The predicted octanol–water partition coefficient (Wildman–Crippen LogP) is 0.329. The van der Waals surface area contributed by atoms with Gasteiger partial charge in [0.1, 0.15) is 11.8 Å². The van der Waals surface area contributed by atoms with E-state index in [2.05, 4.69) is 10.4 Å². The highest BCUT2D eigenvalue weighted by Gasteiger charge is 2.17. The lowest BCUT2D eigenvalue weighted by molar-refractivity contribution is -0.122. The van der Waals surface area contributed by atoms with Gasteiger partial charge < -0.3 is 15.5 Å². The van der Waals surface area contributed by atoms with E-state index in [-0.39, 0.29) is 5.91 Å². The van der Waals surface area contributed by atoms with Crippen molar-refractivity contribution in [2.24, 2.45) is 12.8 Å². The van der Waals surface area contributed by atoms with Gasteiger partial charge in [-0.2, -0.15) is 5.10 Å². The van der Waals surface area contributed by atoms with Crippen LogP contribution in [0.4, 0.5) is 0 Å². The van der Waals surface area contributed by atoms with E-state index in [1.54, 1.807) is 42.5 Å². The molecule has 17 heavy (non-hydrogen) atoms. The first-order valence-corrected chi connectivity index (χ1v) is 5.21. The molecule has 0 radical (unpaired) electrons. The van der Waals surface area contributed by atoms with Gasteiger partial charge in [-0.3, -0.25) is 9.48 Å². The minimum atomic E-state index is -0.710. The molecule has 90 valence electrons. The minimum Gasteiger partial charge on any atom is -0.467 e. The number of carbonyl (C=O) groups excluding carboxylic acids is 1. The van der Waals surface area contributed by atoms with Crippen LogP contribution in [0.25, 0.3) is 0 Å². The highest BCUT2D eigenvalue weighted by atomic mass is 16.3. The largest absolute Gasteiger partial charge is 0.467 e. The zero-order valence-electron chi connectivity index (χ0n) is 9.46. The fourth-order valence-electron chi connectivity index (χ4n) is 1.45. The molecule has 1 unspecified atom stereocenters. The minimum absolute atomic E-state index is 0.255. The van der Waals surface area contributed by atoms with Gasteiger partial charge in [-0.15, -0.1) is 0 Å². The summed E-state index contributed by atoms with van der Waals surface area (Å²) in [4.78, 5) is 11.7. The Morgan fingerprint density at radius 1 is 1.71 bits per heavy atom. The second-order valence-corrected chi connectivity index (χ2v) is 3.72. The molecule has 6 nitrogen and oxygen atoms in total. The van der Waals surface area contributed by atoms with E-state index in [0.29, 0.717) is 17.9 Å². The van der Waals surface area contributed by atoms with E-state index in [4.69, 9.17) is 10.2 Å². The van der Waals surface area contributed by atoms with Gasteiger partial charge >= 0.3 is 0 Å². The summed E-state index contributed by atoms with van der Waals surface area (Å²) in [6.07, 6.45) is 4.86. The number of furan rings is 1. The highest BCUT2D eigenvalue weighted by Crippen LogP contribution is 2.08. The summed E-state index contributed by atoms with van der Waals surface area (Å²) in [6, 6.07) is 2.84. The molecule has 0 spiro atoms. The average Bonchev–Trinajstić information content (AvgIpc) is 2.95. The average molecular weight is 234 g/mol. The molecule has 0 bridgehead atoms. The number of nitrogens with one attached hydrogen (secondary N) is 1. The van der Waals surface area contributed by atoms with Crippen LogP contribution in [-0.2, 0) is 18.4 Å². The van der Waals surface area contributed by atoms with E-state index >= 15 is 0 Å². The van der Waals surface area contributed by atoms with Crippen molar-refractivity contribution in [3.8, 4) is 0 Å². The van der Waals surface area contributed by atoms with Crippen LogP contribution in [0.5, 0.6) is 0 Å². The lowest BCUT2D eigenvalue weighted by atomic mass is 10.1. The van der Waals surface area contributed by atoms with E-state index in [0.717, 1.165) is 0 Å². The molecule has 0 saturated carbocycles. The Kier molecular flexibility index (Phi) is 3.24. The zero-order valence-corrected chi connectivity index (χ0v) is 9.46. The fraction of sp³-hybridized carbons (Fsp3) is 0.273. The maximum atomic E-state index is 11.7. The summed E-state index contributed by atoms with van der Waals surface area (Å²) in [7, 11) is 1.77. The van der Waals surface area contributed by atoms with E-state index < -0.39 is 6.04 Å². The second kappa shape index (κ2) is 4.84. The predicted molar refractivity (Wildman–Crippen MR) is 60.7 cm³/mol. The topological polar surface area (TPSA) is 86.1 Å². The van der Waals surface area contributed by atoms with Crippen LogP contribution in [0, 0.1) is 0 Å². The van der Waals surface area contributed by atoms with Gasteiger partial charge in [0, 0.05) is 18.8 Å². The Labute approximate surface area is 98.4 Å². The molecule has 0 aliphatic carbocycles. The first-order valence-electron chi connectivity index (χ1n) is 5.21. The summed E-state index contributed by atoms with van der Waals surface area (Å²) in [5.41, 5.74) is 6.48. The molecular formula is C11H14N4O2. The third-order valence-corrected chi connectivity index (χ3v) is 2.38. The number of nitrogens with two attached hydrogens (primary N) is 1. The van der Waals surface area contributed by atoms with Crippen LogP contribution in [-0.4, -0.2) is 15.7 Å². The van der Waals surface area contributed by atoms with Crippen LogP contribution in [0.1, 0.15) is 17.4 Å². The third-order valence-electron chi connectivity index (χ3n) is 2.38. The van der Waals surface area contributed by atoms with Crippen molar-refractivity contribution in [3.05, 3.63) is 42.1 Å². The molecule has 1 atom stereocenters. The maximum absolute atomic E-state index is 11.7. The molecule has 0 fully saturated rings. The van der Waals surface area contributed by atoms with Crippen molar-refractivity contribution in [3.63, 3.8) is 0 Å². The zero-order chi connectivity index (χ0) is 12.3. The van der Waals surface area contributed by atoms with E-state index in [1.807, 2.05) is 0 Å². The van der Waals surface area contributed by atoms with Crippen molar-refractivity contribution < 1.29 is 9.21 Å². The van der Waals surface area contributed by atoms with Gasteiger partial charge in [0.15, 0.2) is 0 Å². The van der Waals surface area contributed by atoms with Crippen molar-refractivity contribution in [2.75, 3.05) is 0 Å². The second-order valence-electron chi connectivity index (χ2n) is 3.72. The molecule has 3 N–H and O–H groups in total. The molecule has 0 saturated heterocycles. The lowest BCUT2D eigenvalue weighted by Crippen LogP contribution is -2.33. The molecule has 0 aliphatic rings. The Morgan fingerprint density at radius 2 is 2.53 bits per heavy atom. The highest BCUT2D eigenvalue weighted by molar-refractivity contribution is 5.82. The molecule has 0 aliphatic heterocycles. The number of carbonyl (C=O) groups is 1. The number of nitrogens with zero attached hydrogens (tertiary/aromatic N) is 2. The Hall–Kier alpha value is -2.08. The molecule has 2 aromatic rings. The number of hydrogen-bond acceptors (Lipinski definition) is 4. The van der Waals surface area contributed by atoms with Crippen LogP contribution < -0.4 is 11.1 Å². The van der Waals surface area contributed by atoms with Crippen LogP contribution in [0.3, 0.4) is 0 Å². The van der Waals surface area contributed by atoms with Gasteiger partial charge in [0.2, 0.25) is 5.91 Å². The fourth-order valence-corrected chi connectivity index (χ4v) is 1.45. The van der Waals surface area contributed by atoms with Crippen LogP contribution in [0.15, 0.2) is 35.2 Å². The standard InChI is InChI=1S/C11H14N4O2/c1-15-7-8(5-14-15)10(12)11(16)13-6-9-3-2-4-17-9/h2-5,7,10H,6,12H2,1H3,(H,13,16). The van der Waals surface area contributed by atoms with E-state index in [9.17, 15) is 4.79 Å². The van der Waals surface area contributed by atoms with Gasteiger partial charge in [-0.05, 0) is 12.1 Å². The number of amides is 1. The first kappa shape index (κ1) is 11.4. The summed E-state index contributed by atoms with van der Waals surface area (Å²) in [5, 5.41) is 6.67. The smallest absolute Gasteiger partial charge is 0.242 e. The van der Waals surface area contributed by atoms with Gasteiger partial charge in [-0.1, -0.05) is 0 Å². The van der Waals surface area contributed by atoms with Crippen molar-refractivity contribution in [1.29, 1.82) is 0 Å². The Balaban J connectivity index is 1.91. The SMILES string of the molecule is Cn1cc(C(N)C(=O)NCc2ccco2)cn1. The van der Waals surface area contributed by atoms with Gasteiger partial charge in [-0.25, -0.2) is 0 Å². The number of aryl methyl sites for hydroxylation is 1. The number of hydrogen-bond donors (Lipinski definition) is 2. The first-order chi connectivity index (χ1) is 8.16. The summed E-state index contributed by atoms with van der Waals surface area (Å²) in [6.45, 7) is 0.333. The normalized spacial score (nSPS) is 12.4. The van der Waals surface area contributed by atoms with Gasteiger partial charge in [0.25, 0.3) is 0 Å². The van der Waals surface area contributed by atoms with Crippen LogP contribution >= 0.6 is 0 Å².